The van der Waals surface area contributed by atoms with Crippen molar-refractivity contribution in [1.29, 1.82) is 0 Å². The van der Waals surface area contributed by atoms with Gasteiger partial charge in [-0.15, -0.1) is 0 Å². The van der Waals surface area contributed by atoms with E-state index in [-0.39, 0.29) is 29.8 Å². The first-order chi connectivity index (χ1) is 15.0. The molecule has 7 heteroatoms. The van der Waals surface area contributed by atoms with Crippen molar-refractivity contribution < 1.29 is 19.1 Å². The van der Waals surface area contributed by atoms with E-state index in [9.17, 15) is 14.7 Å². The monoisotopic (exact) mass is 429 g/mol. The lowest BCUT2D eigenvalue weighted by molar-refractivity contribution is -0.139. The summed E-state index contributed by atoms with van der Waals surface area (Å²) in [6.45, 7) is 2.71. The Kier molecular flexibility index (Phi) is 5.40. The lowest BCUT2D eigenvalue weighted by Crippen LogP contribution is -2.50. The Bertz CT molecular complexity index is 870. The highest BCUT2D eigenvalue weighted by atomic mass is 19.1. The summed E-state index contributed by atoms with van der Waals surface area (Å²) in [6, 6.07) is 5.31. The van der Waals surface area contributed by atoms with Gasteiger partial charge in [-0.05, 0) is 69.6 Å². The second-order valence-corrected chi connectivity index (χ2v) is 9.80. The SMILES string of the molecule is O=C1CCCN1c1ccc(N2CCC[C@@]3(CCN(C4CCC(O)CC4)C3=O)C2)c(F)c1. The van der Waals surface area contributed by atoms with Gasteiger partial charge in [-0.2, -0.15) is 0 Å². The Morgan fingerprint density at radius 1 is 1.00 bits per heavy atom. The molecule has 1 N–H and O–H groups in total. The van der Waals surface area contributed by atoms with E-state index in [4.69, 9.17) is 0 Å². The average Bonchev–Trinajstić information content (AvgIpc) is 3.33. The van der Waals surface area contributed by atoms with Crippen LogP contribution >= 0.6 is 0 Å². The van der Waals surface area contributed by atoms with Gasteiger partial charge < -0.3 is 19.8 Å². The van der Waals surface area contributed by atoms with Crippen LogP contribution in [0.15, 0.2) is 18.2 Å². The zero-order chi connectivity index (χ0) is 21.6. The van der Waals surface area contributed by atoms with E-state index < -0.39 is 5.41 Å². The second kappa shape index (κ2) is 8.08. The molecule has 3 heterocycles. The number of aliphatic hydroxyl groups is 1. The van der Waals surface area contributed by atoms with Crippen LogP contribution in [0, 0.1) is 11.2 Å². The third kappa shape index (κ3) is 3.71. The van der Waals surface area contributed by atoms with Crippen molar-refractivity contribution >= 4 is 23.2 Å². The summed E-state index contributed by atoms with van der Waals surface area (Å²) in [4.78, 5) is 31.2. The highest BCUT2D eigenvalue weighted by molar-refractivity contribution is 5.95. The number of amides is 2. The maximum atomic E-state index is 15.1. The Morgan fingerprint density at radius 3 is 2.52 bits per heavy atom. The predicted octanol–water partition coefficient (Wildman–Crippen LogP) is 3.07. The minimum atomic E-state index is -0.426. The molecule has 31 heavy (non-hydrogen) atoms. The summed E-state index contributed by atoms with van der Waals surface area (Å²) in [5.74, 6) is -0.0490. The third-order valence-corrected chi connectivity index (χ3v) is 7.89. The molecular formula is C24H32FN3O3. The maximum Gasteiger partial charge on any atom is 0.230 e. The van der Waals surface area contributed by atoms with Crippen molar-refractivity contribution in [2.24, 2.45) is 5.41 Å². The zero-order valence-corrected chi connectivity index (χ0v) is 18.1. The van der Waals surface area contributed by atoms with E-state index >= 15 is 4.39 Å². The van der Waals surface area contributed by atoms with Crippen LogP contribution < -0.4 is 9.80 Å². The molecule has 1 aromatic carbocycles. The largest absolute Gasteiger partial charge is 0.393 e. The molecule has 0 aromatic heterocycles. The number of nitrogens with zero attached hydrogens (tertiary/aromatic N) is 3. The number of halogens is 1. The molecule has 1 saturated carbocycles. The van der Waals surface area contributed by atoms with Crippen molar-refractivity contribution in [3.63, 3.8) is 0 Å². The number of aliphatic hydroxyl groups excluding tert-OH is 1. The molecule has 3 aliphatic heterocycles. The van der Waals surface area contributed by atoms with Crippen molar-refractivity contribution in [3.8, 4) is 0 Å². The molecular weight excluding hydrogens is 397 g/mol. The van der Waals surface area contributed by atoms with E-state index in [0.717, 1.165) is 64.5 Å². The summed E-state index contributed by atoms with van der Waals surface area (Å²) in [5, 5.41) is 9.80. The van der Waals surface area contributed by atoms with Gasteiger partial charge in [0.25, 0.3) is 0 Å². The van der Waals surface area contributed by atoms with Crippen molar-refractivity contribution in [1.82, 2.24) is 4.90 Å². The van der Waals surface area contributed by atoms with Crippen LogP contribution in [0.4, 0.5) is 15.8 Å². The summed E-state index contributed by atoms with van der Waals surface area (Å²) in [5.41, 5.74) is 0.726. The number of likely N-dealkylation sites (tertiary alicyclic amines) is 1. The van der Waals surface area contributed by atoms with Crippen LogP contribution in [-0.2, 0) is 9.59 Å². The van der Waals surface area contributed by atoms with E-state index in [0.29, 0.717) is 30.9 Å². The minimum Gasteiger partial charge on any atom is -0.393 e. The van der Waals surface area contributed by atoms with Crippen molar-refractivity contribution in [2.75, 3.05) is 36.0 Å². The zero-order valence-electron chi connectivity index (χ0n) is 18.1. The van der Waals surface area contributed by atoms with Gasteiger partial charge in [0.05, 0.1) is 17.2 Å². The number of anilines is 2. The van der Waals surface area contributed by atoms with E-state index in [1.54, 1.807) is 11.0 Å². The first-order valence-corrected chi connectivity index (χ1v) is 11.8. The normalized spacial score (nSPS) is 31.9. The van der Waals surface area contributed by atoms with Gasteiger partial charge in [-0.3, -0.25) is 9.59 Å². The van der Waals surface area contributed by atoms with Gasteiger partial charge in [0, 0.05) is 44.3 Å². The summed E-state index contributed by atoms with van der Waals surface area (Å²) in [6.07, 6.45) is 6.95. The highest BCUT2D eigenvalue weighted by Crippen LogP contribution is 2.44. The molecule has 168 valence electrons. The Hall–Kier alpha value is -2.15. The van der Waals surface area contributed by atoms with Gasteiger partial charge >= 0.3 is 0 Å². The molecule has 4 aliphatic rings. The lowest BCUT2D eigenvalue weighted by atomic mass is 9.78. The molecule has 5 rings (SSSR count). The van der Waals surface area contributed by atoms with E-state index in [2.05, 4.69) is 0 Å². The highest BCUT2D eigenvalue weighted by Gasteiger charge is 2.50. The quantitative estimate of drug-likeness (QED) is 0.802. The van der Waals surface area contributed by atoms with Crippen molar-refractivity contribution in [2.45, 2.75) is 69.9 Å². The Labute approximate surface area is 183 Å². The first kappa shape index (κ1) is 20.7. The molecule has 1 spiro atoms. The summed E-state index contributed by atoms with van der Waals surface area (Å²) in [7, 11) is 0. The predicted molar refractivity (Wildman–Crippen MR) is 116 cm³/mol. The average molecular weight is 430 g/mol. The summed E-state index contributed by atoms with van der Waals surface area (Å²) < 4.78 is 15.1. The van der Waals surface area contributed by atoms with Gasteiger partial charge in [0.1, 0.15) is 5.82 Å². The van der Waals surface area contributed by atoms with Crippen LogP contribution in [0.5, 0.6) is 0 Å². The molecule has 0 radical (unpaired) electrons. The molecule has 6 nitrogen and oxygen atoms in total. The smallest absolute Gasteiger partial charge is 0.230 e. The summed E-state index contributed by atoms with van der Waals surface area (Å²) >= 11 is 0. The van der Waals surface area contributed by atoms with Gasteiger partial charge in [-0.1, -0.05) is 0 Å². The Morgan fingerprint density at radius 2 is 1.81 bits per heavy atom. The van der Waals surface area contributed by atoms with Crippen LogP contribution in [0.3, 0.4) is 0 Å². The number of benzene rings is 1. The fraction of sp³-hybridized carbons (Fsp3) is 0.667. The molecule has 2 amide bonds. The number of carbonyl (C=O) groups excluding carboxylic acids is 2. The molecule has 0 unspecified atom stereocenters. The minimum absolute atomic E-state index is 0.0518. The number of piperidine rings is 1. The fourth-order valence-electron chi connectivity index (χ4n) is 6.12. The standard InChI is InChI=1S/C24H32FN3O3/c25-20-15-18(27-13-1-3-22(27)30)6-9-21(20)26-12-2-10-24(16-26)11-14-28(23(24)31)17-4-7-19(29)8-5-17/h6,9,15,17,19,29H,1-5,7-8,10-14,16H2/t17?,19?,24-/m1/s1. The van der Waals surface area contributed by atoms with E-state index in [1.807, 2.05) is 15.9 Å². The van der Waals surface area contributed by atoms with Gasteiger partial charge in [0.15, 0.2) is 0 Å². The van der Waals surface area contributed by atoms with Crippen LogP contribution in [0.2, 0.25) is 0 Å². The van der Waals surface area contributed by atoms with Crippen LogP contribution in [-0.4, -0.2) is 60.1 Å². The maximum absolute atomic E-state index is 15.1. The first-order valence-electron chi connectivity index (χ1n) is 11.8. The van der Waals surface area contributed by atoms with Gasteiger partial charge in [0.2, 0.25) is 11.8 Å². The molecule has 1 aliphatic carbocycles. The number of hydrogen-bond donors (Lipinski definition) is 1. The Balaban J connectivity index is 1.31. The molecule has 1 atom stereocenters. The second-order valence-electron chi connectivity index (χ2n) is 9.80. The molecule has 1 aromatic rings. The van der Waals surface area contributed by atoms with Crippen LogP contribution in [0.1, 0.15) is 57.8 Å². The molecule has 4 fully saturated rings. The number of carbonyl (C=O) groups is 2. The molecule has 3 saturated heterocycles. The molecule has 0 bridgehead atoms. The lowest BCUT2D eigenvalue weighted by Gasteiger charge is -2.41. The van der Waals surface area contributed by atoms with E-state index in [1.165, 1.54) is 6.07 Å². The number of rotatable bonds is 3. The van der Waals surface area contributed by atoms with Crippen molar-refractivity contribution in [3.05, 3.63) is 24.0 Å². The third-order valence-electron chi connectivity index (χ3n) is 7.89. The fourth-order valence-corrected chi connectivity index (χ4v) is 6.12. The van der Waals surface area contributed by atoms with Gasteiger partial charge in [-0.25, -0.2) is 4.39 Å². The van der Waals surface area contributed by atoms with Crippen LogP contribution in [0.25, 0.3) is 0 Å². The topological polar surface area (TPSA) is 64.1 Å². The number of hydrogen-bond acceptors (Lipinski definition) is 4.